The van der Waals surface area contributed by atoms with Crippen LogP contribution in [0.25, 0.3) is 0 Å². The number of esters is 1. The molecule has 0 amide bonds. The summed E-state index contributed by atoms with van der Waals surface area (Å²) in [6, 6.07) is 0.985. The molecule has 0 saturated heterocycles. The predicted octanol–water partition coefficient (Wildman–Crippen LogP) is 1.09. The number of nitrogens with one attached hydrogen (secondary N) is 1. The maximum Gasteiger partial charge on any atom is 0.326 e. The minimum atomic E-state index is -0.453. The molecule has 1 N–H and O–H groups in total. The topological polar surface area (TPSA) is 44.8 Å². The van der Waals surface area contributed by atoms with Gasteiger partial charge in [0.05, 0.1) is 7.11 Å². The van der Waals surface area contributed by atoms with Crippen molar-refractivity contribution in [1.29, 1.82) is 0 Å². The van der Waals surface area contributed by atoms with Gasteiger partial charge >= 0.3 is 5.97 Å². The molecule has 0 bridgehead atoms. The van der Waals surface area contributed by atoms with Crippen LogP contribution >= 0.6 is 0 Å². The second kappa shape index (κ2) is 7.07. The summed E-state index contributed by atoms with van der Waals surface area (Å²) < 4.78 is 5.12. The first-order valence-corrected chi connectivity index (χ1v) is 8.18. The summed E-state index contributed by atoms with van der Waals surface area (Å²) in [6.45, 7) is 2.09. The van der Waals surface area contributed by atoms with Gasteiger partial charge in [-0.3, -0.25) is 10.1 Å². The van der Waals surface area contributed by atoms with E-state index in [0.29, 0.717) is 12.1 Å². The number of carbonyl (C=O) groups is 1. The van der Waals surface area contributed by atoms with Gasteiger partial charge in [0.2, 0.25) is 0 Å². The molecule has 0 aliphatic heterocycles. The summed E-state index contributed by atoms with van der Waals surface area (Å²) >= 11 is 0. The molecule has 2 unspecified atom stereocenters. The maximum atomic E-state index is 12.4. The molecule has 21 heavy (non-hydrogen) atoms. The number of rotatable bonds is 7. The molecule has 0 aromatic heterocycles. The van der Waals surface area contributed by atoms with Crippen LogP contribution in [-0.4, -0.2) is 74.7 Å². The molecule has 0 heterocycles. The molecule has 5 nitrogen and oxygen atoms in total. The first-order valence-electron chi connectivity index (χ1n) is 8.18. The van der Waals surface area contributed by atoms with E-state index in [4.69, 9.17) is 4.74 Å². The minimum absolute atomic E-state index is 0.0693. The van der Waals surface area contributed by atoms with Gasteiger partial charge in [-0.05, 0) is 59.7 Å². The highest BCUT2D eigenvalue weighted by Crippen LogP contribution is 2.35. The summed E-state index contributed by atoms with van der Waals surface area (Å²) in [5, 5.41) is 3.60. The zero-order valence-electron chi connectivity index (χ0n) is 14.0. The summed E-state index contributed by atoms with van der Waals surface area (Å²) in [6.07, 6.45) is 6.44. The standard InChI is InChI=1S/C16H31N3O2/c1-18(2)10-11-19(3)14-6-5-9-16(12-14,15(20)21-4)17-13-7-8-13/h13-14,17H,5-12H2,1-4H3. The number of likely N-dealkylation sites (N-methyl/N-ethyl adjacent to an activating group) is 2. The van der Waals surface area contributed by atoms with Gasteiger partial charge in [0.1, 0.15) is 5.54 Å². The van der Waals surface area contributed by atoms with E-state index in [-0.39, 0.29) is 5.97 Å². The van der Waals surface area contributed by atoms with Crippen molar-refractivity contribution in [2.24, 2.45) is 0 Å². The lowest BCUT2D eigenvalue weighted by atomic mass is 9.78. The van der Waals surface area contributed by atoms with Crippen LogP contribution in [0.2, 0.25) is 0 Å². The smallest absolute Gasteiger partial charge is 0.326 e. The van der Waals surface area contributed by atoms with Gasteiger partial charge in [0.15, 0.2) is 0 Å². The molecule has 2 aliphatic carbocycles. The molecule has 2 fully saturated rings. The highest BCUT2D eigenvalue weighted by atomic mass is 16.5. The molecular weight excluding hydrogens is 266 g/mol. The van der Waals surface area contributed by atoms with Crippen molar-refractivity contribution in [3.8, 4) is 0 Å². The number of nitrogens with zero attached hydrogens (tertiary/aromatic N) is 2. The average Bonchev–Trinajstić information content (AvgIpc) is 3.27. The van der Waals surface area contributed by atoms with E-state index in [1.54, 1.807) is 0 Å². The van der Waals surface area contributed by atoms with E-state index < -0.39 is 5.54 Å². The summed E-state index contributed by atoms with van der Waals surface area (Å²) in [7, 11) is 7.89. The molecule has 0 radical (unpaired) electrons. The molecule has 0 aromatic carbocycles. The van der Waals surface area contributed by atoms with Gasteiger partial charge < -0.3 is 14.5 Å². The third kappa shape index (κ3) is 4.41. The predicted molar refractivity (Wildman–Crippen MR) is 84.3 cm³/mol. The van der Waals surface area contributed by atoms with Crippen LogP contribution in [0, 0.1) is 0 Å². The number of hydrogen-bond acceptors (Lipinski definition) is 5. The Morgan fingerprint density at radius 3 is 2.52 bits per heavy atom. The third-order valence-corrected chi connectivity index (χ3v) is 4.88. The number of hydrogen-bond donors (Lipinski definition) is 1. The molecule has 2 saturated carbocycles. The van der Waals surface area contributed by atoms with Gasteiger partial charge in [-0.2, -0.15) is 0 Å². The normalized spacial score (nSPS) is 29.9. The van der Waals surface area contributed by atoms with Gasteiger partial charge in [-0.25, -0.2) is 0 Å². The van der Waals surface area contributed by atoms with Crippen LogP contribution < -0.4 is 5.32 Å². The van der Waals surface area contributed by atoms with Crippen LogP contribution in [-0.2, 0) is 9.53 Å². The Bertz CT molecular complexity index is 357. The van der Waals surface area contributed by atoms with Crippen LogP contribution in [0.5, 0.6) is 0 Å². The van der Waals surface area contributed by atoms with E-state index in [2.05, 4.69) is 36.3 Å². The largest absolute Gasteiger partial charge is 0.468 e. The van der Waals surface area contributed by atoms with E-state index in [0.717, 1.165) is 32.4 Å². The zero-order chi connectivity index (χ0) is 15.5. The molecule has 0 aromatic rings. The zero-order valence-corrected chi connectivity index (χ0v) is 14.0. The molecule has 5 heteroatoms. The van der Waals surface area contributed by atoms with Gasteiger partial charge in [-0.1, -0.05) is 0 Å². The first kappa shape index (κ1) is 16.7. The number of carbonyl (C=O) groups excluding carboxylic acids is 1. The van der Waals surface area contributed by atoms with E-state index in [1.165, 1.54) is 26.4 Å². The van der Waals surface area contributed by atoms with Gasteiger partial charge in [-0.15, -0.1) is 0 Å². The highest BCUT2D eigenvalue weighted by Gasteiger charge is 2.47. The average molecular weight is 297 g/mol. The first-order chi connectivity index (χ1) is 9.97. The Labute approximate surface area is 129 Å². The fourth-order valence-corrected chi connectivity index (χ4v) is 3.35. The SMILES string of the molecule is COC(=O)C1(NC2CC2)CCCC(N(C)CCN(C)C)C1. The Morgan fingerprint density at radius 2 is 1.95 bits per heavy atom. The molecular formula is C16H31N3O2. The Kier molecular flexibility index (Phi) is 5.63. The lowest BCUT2D eigenvalue weighted by molar-refractivity contribution is -0.151. The third-order valence-electron chi connectivity index (χ3n) is 4.88. The highest BCUT2D eigenvalue weighted by molar-refractivity contribution is 5.81. The summed E-state index contributed by atoms with van der Waals surface area (Å²) in [4.78, 5) is 17.0. The van der Waals surface area contributed by atoms with E-state index in [9.17, 15) is 4.79 Å². The minimum Gasteiger partial charge on any atom is -0.468 e. The van der Waals surface area contributed by atoms with Crippen molar-refractivity contribution in [3.63, 3.8) is 0 Å². The summed E-state index contributed by atoms with van der Waals surface area (Å²) in [5.41, 5.74) is -0.453. The number of methoxy groups -OCH3 is 1. The Hall–Kier alpha value is -0.650. The van der Waals surface area contributed by atoms with Gasteiger partial charge in [0.25, 0.3) is 0 Å². The Morgan fingerprint density at radius 1 is 1.24 bits per heavy atom. The Balaban J connectivity index is 1.99. The monoisotopic (exact) mass is 297 g/mol. The van der Waals surface area contributed by atoms with Crippen molar-refractivity contribution < 1.29 is 9.53 Å². The quantitative estimate of drug-likeness (QED) is 0.713. The molecule has 122 valence electrons. The lowest BCUT2D eigenvalue weighted by Crippen LogP contribution is -2.59. The van der Waals surface area contributed by atoms with Crippen LogP contribution in [0.15, 0.2) is 0 Å². The summed E-state index contributed by atoms with van der Waals surface area (Å²) in [5.74, 6) is -0.0693. The molecule has 2 rings (SSSR count). The fraction of sp³-hybridized carbons (Fsp3) is 0.938. The van der Waals surface area contributed by atoms with E-state index in [1.807, 2.05) is 0 Å². The molecule has 2 atom stereocenters. The van der Waals surface area contributed by atoms with Crippen LogP contribution in [0.3, 0.4) is 0 Å². The molecule has 0 spiro atoms. The van der Waals surface area contributed by atoms with Crippen LogP contribution in [0.4, 0.5) is 0 Å². The van der Waals surface area contributed by atoms with Crippen molar-refractivity contribution in [3.05, 3.63) is 0 Å². The van der Waals surface area contributed by atoms with E-state index >= 15 is 0 Å². The number of ether oxygens (including phenoxy) is 1. The second-order valence-corrected chi connectivity index (χ2v) is 7.03. The van der Waals surface area contributed by atoms with Crippen LogP contribution in [0.1, 0.15) is 38.5 Å². The van der Waals surface area contributed by atoms with Crippen molar-refractivity contribution in [2.75, 3.05) is 41.3 Å². The van der Waals surface area contributed by atoms with Crippen molar-refractivity contribution >= 4 is 5.97 Å². The molecule has 2 aliphatic rings. The van der Waals surface area contributed by atoms with Crippen molar-refractivity contribution in [1.82, 2.24) is 15.1 Å². The van der Waals surface area contributed by atoms with Gasteiger partial charge in [0, 0.05) is 25.2 Å². The van der Waals surface area contributed by atoms with Crippen molar-refractivity contribution in [2.45, 2.75) is 56.1 Å². The maximum absolute atomic E-state index is 12.4. The second-order valence-electron chi connectivity index (χ2n) is 7.03. The fourth-order valence-electron chi connectivity index (χ4n) is 3.35. The lowest BCUT2D eigenvalue weighted by Gasteiger charge is -2.42.